The molecule has 0 aromatic carbocycles. The summed E-state index contributed by atoms with van der Waals surface area (Å²) in [5, 5.41) is 11.9. The standard InChI is InChI=1S/C82H151NO8/c1-6-8-10-12-14-16-18-20-22-24-26-28-30-32-34-36-38-40-42-44-46-48-50-52-54-56-58-60-62-64-66-68-70-72-79(84)89-76-78(77-90-82(81(86)87)88-75-74-83(3,4)5)91-80(85)73-71-69-67-65-63-61-59-57-55-53-51-49-47-45-43-41-39-37-35-33-31-29-27-25-23-21-19-17-15-13-11-9-7-2/h18-21,24-27,31,33,78,82H,6-17,22-23,28-30,32,34-77H2,1-5H3/b20-18-,21-19-,26-24-,27-25-,33-31-. The predicted molar refractivity (Wildman–Crippen MR) is 389 cm³/mol. The zero-order valence-corrected chi connectivity index (χ0v) is 61.0. The third-order valence-corrected chi connectivity index (χ3v) is 17.7. The van der Waals surface area contributed by atoms with E-state index in [1.165, 1.54) is 302 Å². The first-order chi connectivity index (χ1) is 44.6. The molecule has 0 fully saturated rings. The monoisotopic (exact) mass is 1280 g/mol. The van der Waals surface area contributed by atoms with Crippen LogP contribution in [0.15, 0.2) is 60.8 Å². The Labute approximate surface area is 565 Å². The molecule has 0 aromatic rings. The number of carboxylic acids is 1. The third kappa shape index (κ3) is 74.3. The molecule has 0 saturated carbocycles. The van der Waals surface area contributed by atoms with Crippen LogP contribution in [0.1, 0.15) is 386 Å². The third-order valence-electron chi connectivity index (χ3n) is 17.7. The largest absolute Gasteiger partial charge is 0.545 e. The number of aliphatic carboxylic acids is 1. The minimum Gasteiger partial charge on any atom is -0.545 e. The van der Waals surface area contributed by atoms with E-state index >= 15 is 0 Å². The maximum Gasteiger partial charge on any atom is 0.306 e. The highest BCUT2D eigenvalue weighted by atomic mass is 16.7. The lowest BCUT2D eigenvalue weighted by atomic mass is 10.0. The van der Waals surface area contributed by atoms with Gasteiger partial charge in [-0.1, -0.05) is 351 Å². The van der Waals surface area contributed by atoms with Gasteiger partial charge in [0.25, 0.3) is 0 Å². The highest BCUT2D eigenvalue weighted by Crippen LogP contribution is 2.19. The van der Waals surface area contributed by atoms with Crippen LogP contribution in [0.2, 0.25) is 0 Å². The van der Waals surface area contributed by atoms with Crippen LogP contribution in [-0.2, 0) is 33.3 Å². The van der Waals surface area contributed by atoms with E-state index < -0.39 is 24.3 Å². The summed E-state index contributed by atoms with van der Waals surface area (Å²) in [4.78, 5) is 37.6. The van der Waals surface area contributed by atoms with Crippen molar-refractivity contribution in [3.8, 4) is 0 Å². The summed E-state index contributed by atoms with van der Waals surface area (Å²) >= 11 is 0. The maximum atomic E-state index is 13.0. The number of unbranched alkanes of at least 4 members (excludes halogenated alkanes) is 49. The van der Waals surface area contributed by atoms with Crippen molar-refractivity contribution < 1.29 is 42.9 Å². The van der Waals surface area contributed by atoms with Gasteiger partial charge in [0, 0.05) is 12.8 Å². The number of hydrogen-bond acceptors (Lipinski definition) is 8. The number of rotatable bonds is 74. The number of nitrogens with zero attached hydrogens (tertiary/aromatic N) is 1. The number of likely N-dealkylation sites (N-methyl/N-ethyl adjacent to an activating group) is 1. The molecular formula is C82H151NO8. The number of allylic oxidation sites excluding steroid dienone is 10. The SMILES string of the molecule is CCCCCCC/C=C\C/C=C\C/C=C\CCCCCCCCCCCCCCCCCCCCC(=O)OC(COC(=O)CCCCCCCCCCCCCCCCCCCCCCC/C=C\C/C=C\CCCCCCC)COC(OCC[N+](C)(C)C)C(=O)[O-]. The molecule has 0 aliphatic rings. The normalized spacial score (nSPS) is 12.9. The molecule has 0 spiro atoms. The van der Waals surface area contributed by atoms with E-state index in [1.54, 1.807) is 0 Å². The molecule has 0 bridgehead atoms. The van der Waals surface area contributed by atoms with E-state index in [0.717, 1.165) is 51.4 Å². The Kier molecular flexibility index (Phi) is 70.4. The van der Waals surface area contributed by atoms with Crippen molar-refractivity contribution in [2.75, 3.05) is 47.5 Å². The molecule has 0 amide bonds. The molecule has 0 saturated heterocycles. The summed E-state index contributed by atoms with van der Waals surface area (Å²) in [5.74, 6) is -2.26. The van der Waals surface area contributed by atoms with Crippen LogP contribution in [0.5, 0.6) is 0 Å². The number of carbonyl (C=O) groups is 3. The molecule has 0 N–H and O–H groups in total. The smallest absolute Gasteiger partial charge is 0.306 e. The fraction of sp³-hybridized carbons (Fsp3) is 0.841. The van der Waals surface area contributed by atoms with Crippen LogP contribution in [0.4, 0.5) is 0 Å². The average Bonchev–Trinajstić information content (AvgIpc) is 3.46. The van der Waals surface area contributed by atoms with Gasteiger partial charge in [0.1, 0.15) is 13.2 Å². The van der Waals surface area contributed by atoms with E-state index in [2.05, 4.69) is 74.6 Å². The Morgan fingerprint density at radius 3 is 0.879 bits per heavy atom. The Hall–Kier alpha value is -3.01. The van der Waals surface area contributed by atoms with Crippen LogP contribution in [0.25, 0.3) is 0 Å². The van der Waals surface area contributed by atoms with Gasteiger partial charge in [-0.05, 0) is 83.5 Å². The summed E-state index contributed by atoms with van der Waals surface area (Å²) in [7, 11) is 5.95. The van der Waals surface area contributed by atoms with Gasteiger partial charge in [0.2, 0.25) is 0 Å². The van der Waals surface area contributed by atoms with Gasteiger partial charge in [-0.15, -0.1) is 0 Å². The fourth-order valence-corrected chi connectivity index (χ4v) is 11.7. The second-order valence-corrected chi connectivity index (χ2v) is 28.0. The topological polar surface area (TPSA) is 111 Å². The summed E-state index contributed by atoms with van der Waals surface area (Å²) in [6, 6.07) is 0. The fourth-order valence-electron chi connectivity index (χ4n) is 11.7. The van der Waals surface area contributed by atoms with Gasteiger partial charge in [-0.25, -0.2) is 0 Å². The van der Waals surface area contributed by atoms with Crippen molar-refractivity contribution in [2.45, 2.75) is 399 Å². The van der Waals surface area contributed by atoms with E-state index in [0.29, 0.717) is 23.9 Å². The Bertz CT molecular complexity index is 1680. The van der Waals surface area contributed by atoms with E-state index in [-0.39, 0.29) is 32.2 Å². The van der Waals surface area contributed by atoms with Crippen molar-refractivity contribution in [1.29, 1.82) is 0 Å². The summed E-state index contributed by atoms with van der Waals surface area (Å²) < 4.78 is 22.9. The van der Waals surface area contributed by atoms with Crippen LogP contribution in [0, 0.1) is 0 Å². The van der Waals surface area contributed by atoms with E-state index in [9.17, 15) is 19.5 Å². The Morgan fingerprint density at radius 2 is 0.593 bits per heavy atom. The minimum absolute atomic E-state index is 0.149. The first-order valence-corrected chi connectivity index (χ1v) is 39.4. The molecule has 0 radical (unpaired) electrons. The first-order valence-electron chi connectivity index (χ1n) is 39.4. The number of hydrogen-bond donors (Lipinski definition) is 0. The van der Waals surface area contributed by atoms with Crippen molar-refractivity contribution in [3.05, 3.63) is 60.8 Å². The highest BCUT2D eigenvalue weighted by molar-refractivity contribution is 5.70. The highest BCUT2D eigenvalue weighted by Gasteiger charge is 2.22. The predicted octanol–water partition coefficient (Wildman–Crippen LogP) is 23.7. The minimum atomic E-state index is -1.62. The quantitative estimate of drug-likeness (QED) is 0.0195. The summed E-state index contributed by atoms with van der Waals surface area (Å²) in [6.07, 6.45) is 93.4. The lowest BCUT2D eigenvalue weighted by molar-refractivity contribution is -0.870. The second-order valence-electron chi connectivity index (χ2n) is 28.0. The van der Waals surface area contributed by atoms with Gasteiger partial charge in [0.05, 0.1) is 40.3 Å². The van der Waals surface area contributed by atoms with Crippen LogP contribution < -0.4 is 5.11 Å². The molecule has 91 heavy (non-hydrogen) atoms. The molecular weight excluding hydrogens is 1130 g/mol. The summed E-state index contributed by atoms with van der Waals surface area (Å²) in [5.41, 5.74) is 0. The number of carbonyl (C=O) groups excluding carboxylic acids is 3. The average molecular weight is 1280 g/mol. The van der Waals surface area contributed by atoms with E-state index in [4.69, 9.17) is 18.9 Å². The molecule has 0 aliphatic carbocycles. The maximum absolute atomic E-state index is 13.0. The van der Waals surface area contributed by atoms with Crippen molar-refractivity contribution in [1.82, 2.24) is 0 Å². The second kappa shape index (κ2) is 72.8. The molecule has 0 rings (SSSR count). The number of esters is 2. The lowest BCUT2D eigenvalue weighted by Crippen LogP contribution is -2.44. The number of quaternary nitrogens is 1. The van der Waals surface area contributed by atoms with Crippen LogP contribution >= 0.6 is 0 Å². The first kappa shape index (κ1) is 88.0. The molecule has 2 unspecified atom stereocenters. The number of ether oxygens (including phenoxy) is 4. The van der Waals surface area contributed by atoms with Gasteiger partial charge in [-0.2, -0.15) is 0 Å². The summed E-state index contributed by atoms with van der Waals surface area (Å²) in [6.45, 7) is 4.79. The van der Waals surface area contributed by atoms with Gasteiger partial charge < -0.3 is 33.3 Å². The van der Waals surface area contributed by atoms with Crippen molar-refractivity contribution in [2.24, 2.45) is 0 Å². The molecule has 0 aromatic heterocycles. The molecule has 532 valence electrons. The molecule has 9 heteroatoms. The molecule has 0 heterocycles. The van der Waals surface area contributed by atoms with Gasteiger partial charge in [-0.3, -0.25) is 9.59 Å². The zero-order valence-electron chi connectivity index (χ0n) is 61.0. The molecule has 0 aliphatic heterocycles. The number of carboxylic acid groups (broad SMARTS) is 1. The van der Waals surface area contributed by atoms with Crippen LogP contribution in [0.3, 0.4) is 0 Å². The molecule has 2 atom stereocenters. The van der Waals surface area contributed by atoms with Crippen molar-refractivity contribution in [3.63, 3.8) is 0 Å². The molecule has 9 nitrogen and oxygen atoms in total. The zero-order chi connectivity index (χ0) is 66.1. The Balaban J connectivity index is 4.00. The van der Waals surface area contributed by atoms with Gasteiger partial charge >= 0.3 is 11.9 Å². The van der Waals surface area contributed by atoms with E-state index in [1.807, 2.05) is 21.1 Å². The van der Waals surface area contributed by atoms with Crippen molar-refractivity contribution >= 4 is 17.9 Å². The lowest BCUT2D eigenvalue weighted by Gasteiger charge is -2.26. The Morgan fingerprint density at radius 1 is 0.330 bits per heavy atom. The van der Waals surface area contributed by atoms with Gasteiger partial charge in [0.15, 0.2) is 12.4 Å². The van der Waals surface area contributed by atoms with Crippen LogP contribution in [-0.4, -0.2) is 82.3 Å².